The maximum Gasteiger partial charge on any atom is 0.265 e. The Bertz CT molecular complexity index is 1140. The first kappa shape index (κ1) is 23.2. The summed E-state index contributed by atoms with van der Waals surface area (Å²) in [7, 11) is 0.343. The van der Waals surface area contributed by atoms with E-state index < -0.39 is 10.0 Å². The Morgan fingerprint density at radius 2 is 1.79 bits per heavy atom. The summed E-state index contributed by atoms with van der Waals surface area (Å²) in [6, 6.07) is 11.1. The molecule has 0 saturated carbocycles. The van der Waals surface area contributed by atoms with Crippen molar-refractivity contribution >= 4 is 33.2 Å². The summed E-state index contributed by atoms with van der Waals surface area (Å²) in [5.74, 6) is 0.0772. The molecule has 0 spiro atoms. The van der Waals surface area contributed by atoms with E-state index in [1.54, 1.807) is 23.1 Å². The average molecular weight is 473 g/mol. The summed E-state index contributed by atoms with van der Waals surface area (Å²) in [6.07, 6.45) is 1.73. The number of hydrogen-bond acceptors (Lipinski definition) is 6. The van der Waals surface area contributed by atoms with Crippen LogP contribution < -0.4 is 15.0 Å². The van der Waals surface area contributed by atoms with Crippen molar-refractivity contribution < 1.29 is 22.7 Å². The second-order valence-corrected chi connectivity index (χ2v) is 10.3. The molecule has 2 aliphatic heterocycles. The molecule has 1 saturated heterocycles. The number of anilines is 2. The zero-order chi connectivity index (χ0) is 23.6. The fourth-order valence-electron chi connectivity index (χ4n) is 3.88. The van der Waals surface area contributed by atoms with Gasteiger partial charge in [0, 0.05) is 37.4 Å². The Hall–Kier alpha value is -2.95. The van der Waals surface area contributed by atoms with E-state index in [-0.39, 0.29) is 23.3 Å². The lowest BCUT2D eigenvalue weighted by molar-refractivity contribution is -0.121. The zero-order valence-electron chi connectivity index (χ0n) is 18.8. The van der Waals surface area contributed by atoms with Crippen LogP contribution in [0, 0.1) is 0 Å². The molecule has 176 valence electrons. The molecule has 2 aliphatic rings. The summed E-state index contributed by atoms with van der Waals surface area (Å²) in [5, 5.41) is 2.82. The first-order valence-electron chi connectivity index (χ1n) is 10.9. The number of sulfonamides is 1. The van der Waals surface area contributed by atoms with E-state index >= 15 is 0 Å². The van der Waals surface area contributed by atoms with E-state index in [0.717, 1.165) is 12.8 Å². The number of amides is 2. The van der Waals surface area contributed by atoms with Crippen LogP contribution in [0.15, 0.2) is 47.4 Å². The fraction of sp³-hybridized carbons (Fsp3) is 0.391. The van der Waals surface area contributed by atoms with Gasteiger partial charge < -0.3 is 19.9 Å². The van der Waals surface area contributed by atoms with E-state index in [9.17, 15) is 18.0 Å². The van der Waals surface area contributed by atoms with Gasteiger partial charge in [-0.1, -0.05) is 0 Å². The van der Waals surface area contributed by atoms with Gasteiger partial charge in [0.05, 0.1) is 10.6 Å². The molecule has 10 heteroatoms. The van der Waals surface area contributed by atoms with Gasteiger partial charge in [-0.2, -0.15) is 4.31 Å². The van der Waals surface area contributed by atoms with Crippen molar-refractivity contribution in [1.82, 2.24) is 9.21 Å². The van der Waals surface area contributed by atoms with Crippen molar-refractivity contribution in [3.05, 3.63) is 48.0 Å². The summed E-state index contributed by atoms with van der Waals surface area (Å²) in [4.78, 5) is 29.0. The molecule has 0 unspecified atom stereocenters. The van der Waals surface area contributed by atoms with Crippen molar-refractivity contribution in [3.63, 3.8) is 0 Å². The maximum absolute atomic E-state index is 12.8. The Kier molecular flexibility index (Phi) is 6.68. The maximum atomic E-state index is 12.8. The van der Waals surface area contributed by atoms with Gasteiger partial charge in [0.2, 0.25) is 10.0 Å². The van der Waals surface area contributed by atoms with Crippen molar-refractivity contribution in [1.29, 1.82) is 0 Å². The molecule has 2 aromatic carbocycles. The van der Waals surface area contributed by atoms with Crippen LogP contribution >= 0.6 is 0 Å². The summed E-state index contributed by atoms with van der Waals surface area (Å²) in [5.41, 5.74) is 1.46. The van der Waals surface area contributed by atoms with Crippen LogP contribution in [0.3, 0.4) is 0 Å². The van der Waals surface area contributed by atoms with E-state index in [2.05, 4.69) is 5.32 Å². The van der Waals surface area contributed by atoms with Gasteiger partial charge >= 0.3 is 0 Å². The highest BCUT2D eigenvalue weighted by molar-refractivity contribution is 7.89. The minimum absolute atomic E-state index is 0.0151. The van der Waals surface area contributed by atoms with E-state index in [1.807, 2.05) is 19.0 Å². The minimum Gasteiger partial charge on any atom is -0.482 e. The molecular weight excluding hydrogens is 444 g/mol. The van der Waals surface area contributed by atoms with Gasteiger partial charge in [0.25, 0.3) is 11.8 Å². The van der Waals surface area contributed by atoms with E-state index in [4.69, 9.17) is 4.74 Å². The largest absolute Gasteiger partial charge is 0.482 e. The number of carbonyl (C=O) groups excluding carboxylic acids is 2. The molecular formula is C23H28N4O5S. The Morgan fingerprint density at radius 1 is 1.09 bits per heavy atom. The number of ether oxygens (including phenoxy) is 1. The van der Waals surface area contributed by atoms with E-state index in [1.165, 1.54) is 28.6 Å². The molecule has 0 radical (unpaired) electrons. The standard InChI is InChI=1S/C23H28N4O5S/c1-25(2)13-14-27-20-15-18(7-10-21(20)32-16-22(27)28)24-23(29)17-5-8-19(9-6-17)33(30,31)26-11-3-4-12-26/h5-10,15H,3-4,11-14,16H2,1-2H3,(H,24,29). The highest BCUT2D eigenvalue weighted by Crippen LogP contribution is 2.34. The number of carbonyl (C=O) groups is 2. The summed E-state index contributed by atoms with van der Waals surface area (Å²) < 4.78 is 32.3. The van der Waals surface area contributed by atoms with Crippen LogP contribution in [0.1, 0.15) is 23.2 Å². The SMILES string of the molecule is CN(C)CCN1C(=O)COc2ccc(NC(=O)c3ccc(S(=O)(=O)N4CCCC4)cc3)cc21. The zero-order valence-corrected chi connectivity index (χ0v) is 19.6. The number of nitrogens with one attached hydrogen (secondary N) is 1. The first-order chi connectivity index (χ1) is 15.8. The predicted octanol–water partition coefficient (Wildman–Crippen LogP) is 2.01. The van der Waals surface area contributed by atoms with Gasteiger partial charge in [0.15, 0.2) is 6.61 Å². The average Bonchev–Trinajstić information content (AvgIpc) is 3.34. The number of nitrogens with zero attached hydrogens (tertiary/aromatic N) is 3. The molecule has 0 bridgehead atoms. The molecule has 2 heterocycles. The van der Waals surface area contributed by atoms with Crippen molar-refractivity contribution in [2.24, 2.45) is 0 Å². The van der Waals surface area contributed by atoms with Crippen LogP contribution in [0.2, 0.25) is 0 Å². The molecule has 0 aliphatic carbocycles. The topological polar surface area (TPSA) is 99.3 Å². The third-order valence-electron chi connectivity index (χ3n) is 5.75. The van der Waals surface area contributed by atoms with Gasteiger partial charge in [0.1, 0.15) is 5.75 Å². The minimum atomic E-state index is -3.53. The number of likely N-dealkylation sites (N-methyl/N-ethyl adjacent to an activating group) is 1. The van der Waals surface area contributed by atoms with Crippen LogP contribution in [0.5, 0.6) is 5.75 Å². The monoisotopic (exact) mass is 472 g/mol. The normalized spacial score (nSPS) is 16.6. The molecule has 0 atom stereocenters. The third kappa shape index (κ3) is 5.02. The van der Waals surface area contributed by atoms with Crippen LogP contribution in [0.25, 0.3) is 0 Å². The fourth-order valence-corrected chi connectivity index (χ4v) is 5.40. The van der Waals surface area contributed by atoms with Crippen molar-refractivity contribution in [3.8, 4) is 5.75 Å². The Labute approximate surface area is 194 Å². The lowest BCUT2D eigenvalue weighted by Gasteiger charge is -2.30. The molecule has 0 aromatic heterocycles. The highest BCUT2D eigenvalue weighted by Gasteiger charge is 2.28. The van der Waals surface area contributed by atoms with Crippen LogP contribution in [-0.2, 0) is 14.8 Å². The van der Waals surface area contributed by atoms with Gasteiger partial charge in [-0.25, -0.2) is 8.42 Å². The molecule has 2 aromatic rings. The molecule has 33 heavy (non-hydrogen) atoms. The molecule has 1 fully saturated rings. The number of fused-ring (bicyclic) bond motifs is 1. The molecule has 9 nitrogen and oxygen atoms in total. The van der Waals surface area contributed by atoms with Crippen molar-refractivity contribution in [2.45, 2.75) is 17.7 Å². The summed E-state index contributed by atoms with van der Waals surface area (Å²) in [6.45, 7) is 2.24. The first-order valence-corrected chi connectivity index (χ1v) is 12.3. The quantitative estimate of drug-likeness (QED) is 0.662. The lowest BCUT2D eigenvalue weighted by atomic mass is 10.1. The molecule has 2 amide bonds. The van der Waals surface area contributed by atoms with Crippen molar-refractivity contribution in [2.75, 3.05) is 57.1 Å². The van der Waals surface area contributed by atoms with Gasteiger partial charge in [-0.15, -0.1) is 0 Å². The third-order valence-corrected chi connectivity index (χ3v) is 7.66. The van der Waals surface area contributed by atoms with Gasteiger partial charge in [-0.3, -0.25) is 9.59 Å². The Balaban J connectivity index is 1.49. The predicted molar refractivity (Wildman–Crippen MR) is 125 cm³/mol. The molecule has 4 rings (SSSR count). The summed E-state index contributed by atoms with van der Waals surface area (Å²) >= 11 is 0. The Morgan fingerprint density at radius 3 is 2.45 bits per heavy atom. The lowest BCUT2D eigenvalue weighted by Crippen LogP contribution is -2.42. The molecule has 1 N–H and O–H groups in total. The van der Waals surface area contributed by atoms with E-state index in [0.29, 0.717) is 48.9 Å². The second-order valence-electron chi connectivity index (χ2n) is 8.41. The van der Waals surface area contributed by atoms with Gasteiger partial charge in [-0.05, 0) is 69.4 Å². The smallest absolute Gasteiger partial charge is 0.265 e. The number of rotatable bonds is 7. The van der Waals surface area contributed by atoms with Crippen LogP contribution in [-0.4, -0.2) is 76.3 Å². The number of hydrogen-bond donors (Lipinski definition) is 1. The van der Waals surface area contributed by atoms with Crippen LogP contribution in [0.4, 0.5) is 11.4 Å². The second kappa shape index (κ2) is 9.50. The highest BCUT2D eigenvalue weighted by atomic mass is 32.2. The number of benzene rings is 2.